The van der Waals surface area contributed by atoms with Crippen LogP contribution in [0.15, 0.2) is 33.5 Å². The molecule has 7 heteroatoms. The summed E-state index contributed by atoms with van der Waals surface area (Å²) in [6, 6.07) is 6.26. The maximum Gasteiger partial charge on any atom is 0.419 e. The van der Waals surface area contributed by atoms with E-state index in [2.05, 4.69) is 4.98 Å². The number of aromatic amines is 1. The summed E-state index contributed by atoms with van der Waals surface area (Å²) in [5, 5.41) is 8.85. The number of aromatic nitrogens is 1. The van der Waals surface area contributed by atoms with Gasteiger partial charge in [0.2, 0.25) is 0 Å². The summed E-state index contributed by atoms with van der Waals surface area (Å²) in [7, 11) is 0. The molecular weight excluding hydrogens is 275 g/mol. The van der Waals surface area contributed by atoms with Crippen LogP contribution in [0.5, 0.6) is 0 Å². The van der Waals surface area contributed by atoms with Gasteiger partial charge in [-0.25, -0.2) is 4.79 Å². The molecule has 2 aromatic heterocycles. The first-order chi connectivity index (χ1) is 9.43. The number of alkyl halides is 3. The number of aliphatic hydroxyl groups excluding tert-OH is 1. The molecule has 2 heterocycles. The number of para-hydroxylation sites is 1. The van der Waals surface area contributed by atoms with Gasteiger partial charge in [-0.1, -0.05) is 12.1 Å². The minimum absolute atomic E-state index is 0.0215. The zero-order chi connectivity index (χ0) is 14.5. The number of benzene rings is 1. The van der Waals surface area contributed by atoms with Crippen molar-refractivity contribution in [2.45, 2.75) is 12.8 Å². The number of fused-ring (bicyclic) bond motifs is 3. The van der Waals surface area contributed by atoms with Crippen molar-refractivity contribution in [1.82, 2.24) is 4.98 Å². The lowest BCUT2D eigenvalue weighted by atomic mass is 10.1. The Bertz CT molecular complexity index is 861. The van der Waals surface area contributed by atoms with Crippen LogP contribution in [0.2, 0.25) is 0 Å². The monoisotopic (exact) mass is 283 g/mol. The molecule has 0 fully saturated rings. The highest BCUT2D eigenvalue weighted by molar-refractivity contribution is 6.04. The summed E-state index contributed by atoms with van der Waals surface area (Å²) in [6.45, 7) is -0.850. The molecule has 2 N–H and O–H groups in total. The van der Waals surface area contributed by atoms with E-state index in [0.29, 0.717) is 5.39 Å². The van der Waals surface area contributed by atoms with Gasteiger partial charge < -0.3 is 14.5 Å². The molecule has 1 aromatic carbocycles. The normalized spacial score (nSPS) is 12.4. The summed E-state index contributed by atoms with van der Waals surface area (Å²) in [5.41, 5.74) is -2.50. The minimum Gasteiger partial charge on any atom is -0.422 e. The Kier molecular flexibility index (Phi) is 2.62. The molecule has 3 aromatic rings. The quantitative estimate of drug-likeness (QED) is 0.675. The van der Waals surface area contributed by atoms with Crippen molar-refractivity contribution < 1.29 is 22.7 Å². The zero-order valence-electron chi connectivity index (χ0n) is 9.91. The Hall–Kier alpha value is -2.28. The average Bonchev–Trinajstić information content (AvgIpc) is 2.79. The van der Waals surface area contributed by atoms with E-state index in [0.717, 1.165) is 0 Å². The van der Waals surface area contributed by atoms with Gasteiger partial charge in [-0.2, -0.15) is 13.2 Å². The van der Waals surface area contributed by atoms with Crippen LogP contribution in [0.3, 0.4) is 0 Å². The van der Waals surface area contributed by atoms with Gasteiger partial charge in [0.05, 0.1) is 28.8 Å². The lowest BCUT2D eigenvalue weighted by Crippen LogP contribution is -2.11. The van der Waals surface area contributed by atoms with Crippen molar-refractivity contribution in [3.63, 3.8) is 0 Å². The van der Waals surface area contributed by atoms with Crippen LogP contribution in [-0.4, -0.2) is 10.1 Å². The third kappa shape index (κ3) is 1.70. The molecule has 20 heavy (non-hydrogen) atoms. The summed E-state index contributed by atoms with van der Waals surface area (Å²) in [6.07, 6.45) is -4.76. The maximum absolute atomic E-state index is 13.1. The van der Waals surface area contributed by atoms with Crippen LogP contribution in [-0.2, 0) is 12.8 Å². The lowest BCUT2D eigenvalue weighted by Gasteiger charge is -2.06. The van der Waals surface area contributed by atoms with Crippen LogP contribution in [0.25, 0.3) is 21.9 Å². The highest BCUT2D eigenvalue weighted by atomic mass is 19.4. The van der Waals surface area contributed by atoms with E-state index in [1.165, 1.54) is 6.07 Å². The highest BCUT2D eigenvalue weighted by Crippen LogP contribution is 2.38. The van der Waals surface area contributed by atoms with Crippen molar-refractivity contribution in [2.75, 3.05) is 0 Å². The standard InChI is InChI=1S/C13H8F3NO3/c14-13(15,16)10-7(5-18)17-11-6-3-1-2-4-8(6)20-12(19)9(10)11/h1-4,17-18H,5H2. The van der Waals surface area contributed by atoms with Gasteiger partial charge in [0.1, 0.15) is 5.58 Å². The van der Waals surface area contributed by atoms with Gasteiger partial charge in [-0.3, -0.25) is 0 Å². The molecule has 0 saturated carbocycles. The topological polar surface area (TPSA) is 66.2 Å². The average molecular weight is 283 g/mol. The number of nitrogens with one attached hydrogen (secondary N) is 1. The predicted molar refractivity (Wildman–Crippen MR) is 65.3 cm³/mol. The van der Waals surface area contributed by atoms with Crippen molar-refractivity contribution in [1.29, 1.82) is 0 Å². The third-order valence-electron chi connectivity index (χ3n) is 3.08. The molecule has 0 aliphatic carbocycles. The number of hydrogen-bond donors (Lipinski definition) is 2. The summed E-state index contributed by atoms with van der Waals surface area (Å²) >= 11 is 0. The first kappa shape index (κ1) is 12.7. The van der Waals surface area contributed by atoms with E-state index in [1.54, 1.807) is 18.2 Å². The van der Waals surface area contributed by atoms with Gasteiger partial charge in [0, 0.05) is 5.39 Å². The fraction of sp³-hybridized carbons (Fsp3) is 0.154. The van der Waals surface area contributed by atoms with Crippen molar-refractivity contribution in [2.24, 2.45) is 0 Å². The number of rotatable bonds is 1. The number of H-pyrrole nitrogens is 1. The van der Waals surface area contributed by atoms with Crippen LogP contribution in [0.1, 0.15) is 11.3 Å². The zero-order valence-corrected chi connectivity index (χ0v) is 9.91. The summed E-state index contributed by atoms with van der Waals surface area (Å²) in [5.74, 6) is 0. The van der Waals surface area contributed by atoms with Crippen molar-refractivity contribution in [3.8, 4) is 0 Å². The van der Waals surface area contributed by atoms with Crippen LogP contribution < -0.4 is 5.63 Å². The molecule has 0 aliphatic heterocycles. The van der Waals surface area contributed by atoms with Gasteiger partial charge in [-0.05, 0) is 12.1 Å². The molecule has 0 atom stereocenters. The molecule has 0 spiro atoms. The second kappa shape index (κ2) is 4.11. The van der Waals surface area contributed by atoms with E-state index < -0.39 is 35.1 Å². The van der Waals surface area contributed by atoms with E-state index in [1.807, 2.05) is 0 Å². The number of hydrogen-bond acceptors (Lipinski definition) is 3. The van der Waals surface area contributed by atoms with Gasteiger partial charge in [-0.15, -0.1) is 0 Å². The molecule has 0 radical (unpaired) electrons. The largest absolute Gasteiger partial charge is 0.422 e. The third-order valence-corrected chi connectivity index (χ3v) is 3.08. The Morgan fingerprint density at radius 1 is 1.25 bits per heavy atom. The SMILES string of the molecule is O=c1oc2ccccc2c2[nH]c(CO)c(C(F)(F)F)c12. The van der Waals surface area contributed by atoms with E-state index >= 15 is 0 Å². The van der Waals surface area contributed by atoms with Crippen LogP contribution in [0, 0.1) is 0 Å². The molecule has 0 bridgehead atoms. The fourth-order valence-electron chi connectivity index (χ4n) is 2.30. The highest BCUT2D eigenvalue weighted by Gasteiger charge is 2.38. The molecule has 4 nitrogen and oxygen atoms in total. The Labute approximate surface area is 109 Å². The maximum atomic E-state index is 13.1. The van der Waals surface area contributed by atoms with E-state index in [-0.39, 0.29) is 11.1 Å². The van der Waals surface area contributed by atoms with Crippen LogP contribution >= 0.6 is 0 Å². The Morgan fingerprint density at radius 3 is 2.60 bits per heavy atom. The molecule has 0 aliphatic rings. The summed E-state index contributed by atoms with van der Waals surface area (Å²) < 4.78 is 44.1. The smallest absolute Gasteiger partial charge is 0.419 e. The fourth-order valence-corrected chi connectivity index (χ4v) is 2.30. The van der Waals surface area contributed by atoms with E-state index in [4.69, 9.17) is 9.52 Å². The van der Waals surface area contributed by atoms with Gasteiger partial charge in [0.15, 0.2) is 0 Å². The van der Waals surface area contributed by atoms with Gasteiger partial charge >= 0.3 is 11.8 Å². The van der Waals surface area contributed by atoms with Gasteiger partial charge in [0.25, 0.3) is 0 Å². The Balaban J connectivity index is 2.58. The second-order valence-electron chi connectivity index (χ2n) is 4.27. The molecule has 0 unspecified atom stereocenters. The summed E-state index contributed by atoms with van der Waals surface area (Å²) in [4.78, 5) is 14.3. The molecule has 0 saturated heterocycles. The second-order valence-corrected chi connectivity index (χ2v) is 4.27. The van der Waals surface area contributed by atoms with E-state index in [9.17, 15) is 18.0 Å². The molecular formula is C13H8F3NO3. The predicted octanol–water partition coefficient (Wildman–Crippen LogP) is 2.79. The lowest BCUT2D eigenvalue weighted by molar-refractivity contribution is -0.137. The number of aliphatic hydroxyl groups is 1. The number of halogens is 3. The van der Waals surface area contributed by atoms with Crippen molar-refractivity contribution >= 4 is 21.9 Å². The Morgan fingerprint density at radius 2 is 1.95 bits per heavy atom. The molecule has 0 amide bonds. The molecule has 104 valence electrons. The molecule has 3 rings (SSSR count). The first-order valence-electron chi connectivity index (χ1n) is 5.68. The first-order valence-corrected chi connectivity index (χ1v) is 5.68. The van der Waals surface area contributed by atoms with Crippen LogP contribution in [0.4, 0.5) is 13.2 Å². The van der Waals surface area contributed by atoms with Crippen molar-refractivity contribution in [3.05, 3.63) is 45.9 Å². The minimum atomic E-state index is -4.76.